The summed E-state index contributed by atoms with van der Waals surface area (Å²) >= 11 is 0. The lowest BCUT2D eigenvalue weighted by Crippen LogP contribution is -2.51. The van der Waals surface area contributed by atoms with E-state index in [2.05, 4.69) is 10.6 Å². The van der Waals surface area contributed by atoms with Crippen molar-refractivity contribution in [2.75, 3.05) is 13.1 Å². The number of rotatable bonds is 4. The smallest absolute Gasteiger partial charge is 0.245 e. The Hall–Kier alpha value is -1.10. The fourth-order valence-electron chi connectivity index (χ4n) is 2.70. The average Bonchev–Trinajstić information content (AvgIpc) is 2.95. The second-order valence-electron chi connectivity index (χ2n) is 5.54. The standard InChI is InChI=1S/C13H23N3O2/c1-9(2)16(8-10-4-3-7-14-10)13(18)11-5-6-12(17)15-11/h9-11,14H,3-8H2,1-2H3,(H,15,17). The van der Waals surface area contributed by atoms with E-state index >= 15 is 0 Å². The van der Waals surface area contributed by atoms with Gasteiger partial charge in [-0.3, -0.25) is 9.59 Å². The van der Waals surface area contributed by atoms with Crippen molar-refractivity contribution in [3.05, 3.63) is 0 Å². The topological polar surface area (TPSA) is 61.4 Å². The predicted octanol–water partition coefficient (Wildman–Crippen LogP) is 0.254. The van der Waals surface area contributed by atoms with Crippen LogP contribution in [0.15, 0.2) is 0 Å². The Morgan fingerprint density at radius 1 is 1.44 bits per heavy atom. The Labute approximate surface area is 108 Å². The first-order valence-corrected chi connectivity index (χ1v) is 6.91. The number of hydrogen-bond acceptors (Lipinski definition) is 3. The van der Waals surface area contributed by atoms with E-state index in [9.17, 15) is 9.59 Å². The van der Waals surface area contributed by atoms with E-state index in [0.717, 1.165) is 19.5 Å². The highest BCUT2D eigenvalue weighted by Crippen LogP contribution is 2.14. The highest BCUT2D eigenvalue weighted by Gasteiger charge is 2.33. The molecule has 0 aliphatic carbocycles. The molecule has 102 valence electrons. The van der Waals surface area contributed by atoms with E-state index in [4.69, 9.17) is 0 Å². The normalized spacial score (nSPS) is 27.6. The van der Waals surface area contributed by atoms with E-state index in [-0.39, 0.29) is 23.9 Å². The fourth-order valence-corrected chi connectivity index (χ4v) is 2.70. The Kier molecular flexibility index (Phi) is 4.22. The fraction of sp³-hybridized carbons (Fsp3) is 0.846. The molecule has 0 bridgehead atoms. The first kappa shape index (κ1) is 13.3. The van der Waals surface area contributed by atoms with Gasteiger partial charge in [0.25, 0.3) is 0 Å². The molecule has 2 unspecified atom stereocenters. The van der Waals surface area contributed by atoms with Crippen LogP contribution in [-0.4, -0.2) is 47.9 Å². The van der Waals surface area contributed by atoms with E-state index < -0.39 is 0 Å². The van der Waals surface area contributed by atoms with Gasteiger partial charge in [-0.25, -0.2) is 0 Å². The number of amides is 2. The van der Waals surface area contributed by atoms with E-state index in [1.165, 1.54) is 6.42 Å². The summed E-state index contributed by atoms with van der Waals surface area (Å²) in [6, 6.07) is 0.284. The number of nitrogens with one attached hydrogen (secondary N) is 2. The molecule has 2 atom stereocenters. The molecule has 2 aliphatic rings. The SMILES string of the molecule is CC(C)N(CC1CCCN1)C(=O)C1CCC(=O)N1. The molecule has 2 rings (SSSR count). The van der Waals surface area contributed by atoms with Crippen molar-refractivity contribution in [3.8, 4) is 0 Å². The first-order chi connectivity index (χ1) is 8.58. The molecule has 0 saturated carbocycles. The van der Waals surface area contributed by atoms with Gasteiger partial charge in [-0.1, -0.05) is 0 Å². The molecule has 0 aromatic carbocycles. The molecule has 0 spiro atoms. The highest BCUT2D eigenvalue weighted by molar-refractivity contribution is 5.90. The Morgan fingerprint density at radius 3 is 2.72 bits per heavy atom. The second-order valence-corrected chi connectivity index (χ2v) is 5.54. The van der Waals surface area contributed by atoms with Crippen molar-refractivity contribution in [1.29, 1.82) is 0 Å². The molecule has 0 aromatic rings. The molecule has 2 saturated heterocycles. The molecule has 0 radical (unpaired) electrons. The minimum absolute atomic E-state index is 0.00366. The zero-order valence-corrected chi connectivity index (χ0v) is 11.2. The second kappa shape index (κ2) is 5.69. The molecule has 2 aliphatic heterocycles. The largest absolute Gasteiger partial charge is 0.344 e. The summed E-state index contributed by atoms with van der Waals surface area (Å²) in [7, 11) is 0. The lowest BCUT2D eigenvalue weighted by Gasteiger charge is -2.31. The van der Waals surface area contributed by atoms with Crippen molar-refractivity contribution in [2.45, 2.75) is 57.7 Å². The van der Waals surface area contributed by atoms with Gasteiger partial charge in [-0.05, 0) is 39.7 Å². The highest BCUT2D eigenvalue weighted by atomic mass is 16.2. The maximum absolute atomic E-state index is 12.4. The molecule has 18 heavy (non-hydrogen) atoms. The van der Waals surface area contributed by atoms with Crippen LogP contribution in [0, 0.1) is 0 Å². The molecule has 2 heterocycles. The summed E-state index contributed by atoms with van der Waals surface area (Å²) in [5.74, 6) is 0.0700. The summed E-state index contributed by atoms with van der Waals surface area (Å²) in [5, 5.41) is 6.18. The number of hydrogen-bond donors (Lipinski definition) is 2. The molecule has 2 amide bonds. The van der Waals surface area contributed by atoms with Crippen LogP contribution >= 0.6 is 0 Å². The summed E-state index contributed by atoms with van der Waals surface area (Å²) in [6.45, 7) is 5.86. The summed E-state index contributed by atoms with van der Waals surface area (Å²) in [5.41, 5.74) is 0. The first-order valence-electron chi connectivity index (χ1n) is 6.91. The maximum atomic E-state index is 12.4. The summed E-state index contributed by atoms with van der Waals surface area (Å²) in [4.78, 5) is 25.5. The summed E-state index contributed by atoms with van der Waals surface area (Å²) < 4.78 is 0. The predicted molar refractivity (Wildman–Crippen MR) is 69.0 cm³/mol. The third kappa shape index (κ3) is 3.02. The molecular weight excluding hydrogens is 230 g/mol. The van der Waals surface area contributed by atoms with Crippen LogP contribution in [0.4, 0.5) is 0 Å². The summed E-state index contributed by atoms with van der Waals surface area (Å²) in [6.07, 6.45) is 3.43. The number of nitrogens with zero attached hydrogens (tertiary/aromatic N) is 1. The van der Waals surface area contributed by atoms with Crippen LogP contribution in [0.5, 0.6) is 0 Å². The van der Waals surface area contributed by atoms with E-state index in [1.807, 2.05) is 18.7 Å². The third-order valence-electron chi connectivity index (χ3n) is 3.78. The van der Waals surface area contributed by atoms with Crippen molar-refractivity contribution in [2.24, 2.45) is 0 Å². The van der Waals surface area contributed by atoms with Crippen molar-refractivity contribution in [1.82, 2.24) is 15.5 Å². The van der Waals surface area contributed by atoms with Gasteiger partial charge in [-0.15, -0.1) is 0 Å². The zero-order chi connectivity index (χ0) is 13.1. The van der Waals surface area contributed by atoms with Crippen LogP contribution in [-0.2, 0) is 9.59 Å². The van der Waals surface area contributed by atoms with Gasteiger partial charge in [-0.2, -0.15) is 0 Å². The van der Waals surface area contributed by atoms with Crippen molar-refractivity contribution in [3.63, 3.8) is 0 Å². The van der Waals surface area contributed by atoms with Crippen LogP contribution in [0.3, 0.4) is 0 Å². The average molecular weight is 253 g/mol. The van der Waals surface area contributed by atoms with Gasteiger partial charge >= 0.3 is 0 Å². The van der Waals surface area contributed by atoms with Crippen LogP contribution in [0.1, 0.15) is 39.5 Å². The van der Waals surface area contributed by atoms with E-state index in [1.54, 1.807) is 0 Å². The number of carbonyl (C=O) groups is 2. The number of carbonyl (C=O) groups excluding carboxylic acids is 2. The monoisotopic (exact) mass is 253 g/mol. The molecule has 5 nitrogen and oxygen atoms in total. The van der Waals surface area contributed by atoms with Crippen LogP contribution in [0.25, 0.3) is 0 Å². The van der Waals surface area contributed by atoms with Gasteiger partial charge in [0.15, 0.2) is 0 Å². The lowest BCUT2D eigenvalue weighted by atomic mass is 10.1. The van der Waals surface area contributed by atoms with Crippen LogP contribution in [0.2, 0.25) is 0 Å². The molecule has 5 heteroatoms. The third-order valence-corrected chi connectivity index (χ3v) is 3.78. The molecule has 0 aromatic heterocycles. The van der Waals surface area contributed by atoms with Gasteiger partial charge in [0.05, 0.1) is 0 Å². The van der Waals surface area contributed by atoms with Gasteiger partial charge < -0.3 is 15.5 Å². The Morgan fingerprint density at radius 2 is 2.22 bits per heavy atom. The van der Waals surface area contributed by atoms with Gasteiger partial charge in [0, 0.05) is 25.0 Å². The Bertz CT molecular complexity index is 324. The van der Waals surface area contributed by atoms with Gasteiger partial charge in [0.2, 0.25) is 11.8 Å². The van der Waals surface area contributed by atoms with Gasteiger partial charge in [0.1, 0.15) is 6.04 Å². The van der Waals surface area contributed by atoms with Crippen molar-refractivity contribution < 1.29 is 9.59 Å². The maximum Gasteiger partial charge on any atom is 0.245 e. The van der Waals surface area contributed by atoms with Crippen molar-refractivity contribution >= 4 is 11.8 Å². The Balaban J connectivity index is 1.95. The van der Waals surface area contributed by atoms with E-state index in [0.29, 0.717) is 18.9 Å². The van der Waals surface area contributed by atoms with Crippen LogP contribution < -0.4 is 10.6 Å². The minimum atomic E-state index is -0.304. The minimum Gasteiger partial charge on any atom is -0.344 e. The molecule has 2 N–H and O–H groups in total. The molecule has 2 fully saturated rings. The quantitative estimate of drug-likeness (QED) is 0.755. The lowest BCUT2D eigenvalue weighted by molar-refractivity contribution is -0.136. The zero-order valence-electron chi connectivity index (χ0n) is 11.2. The molecular formula is C13H23N3O2.